The number of para-hydroxylation sites is 1. The summed E-state index contributed by atoms with van der Waals surface area (Å²) in [6.45, 7) is 6.07. The number of aliphatic imine (C=N–C) groups is 1. The van der Waals surface area contributed by atoms with E-state index in [1.165, 1.54) is 5.56 Å². The van der Waals surface area contributed by atoms with Gasteiger partial charge in [-0.2, -0.15) is 0 Å². The van der Waals surface area contributed by atoms with Gasteiger partial charge in [-0.1, -0.05) is 32.0 Å². The normalized spacial score (nSPS) is 12.3. The van der Waals surface area contributed by atoms with E-state index in [0.717, 1.165) is 31.2 Å². The second-order valence-corrected chi connectivity index (χ2v) is 4.52. The molecule has 114 valence electrons. The fourth-order valence-electron chi connectivity index (χ4n) is 1.90. The predicted octanol–water partition coefficient (Wildman–Crippen LogP) is 2.99. The third-order valence-electron chi connectivity index (χ3n) is 3.01. The van der Waals surface area contributed by atoms with Crippen molar-refractivity contribution in [2.45, 2.75) is 26.2 Å². The van der Waals surface area contributed by atoms with Crippen LogP contribution in [-0.2, 0) is 0 Å². The van der Waals surface area contributed by atoms with Gasteiger partial charge >= 0.3 is 0 Å². The van der Waals surface area contributed by atoms with E-state index in [2.05, 4.69) is 35.5 Å². The number of halogens is 1. The number of guanidine groups is 1. The molecular weight excluding hydrogens is 365 g/mol. The second kappa shape index (κ2) is 10.8. The molecule has 0 spiro atoms. The van der Waals surface area contributed by atoms with Crippen LogP contribution in [-0.4, -0.2) is 33.2 Å². The van der Waals surface area contributed by atoms with E-state index >= 15 is 0 Å². The first-order valence-electron chi connectivity index (χ1n) is 6.80. The summed E-state index contributed by atoms with van der Waals surface area (Å²) in [5.41, 5.74) is 1.21. The molecule has 0 saturated heterocycles. The molecule has 0 aliphatic rings. The zero-order chi connectivity index (χ0) is 14.1. The van der Waals surface area contributed by atoms with Gasteiger partial charge in [0.1, 0.15) is 5.75 Å². The Morgan fingerprint density at radius 3 is 2.60 bits per heavy atom. The number of rotatable bonds is 6. The summed E-state index contributed by atoms with van der Waals surface area (Å²) in [6.07, 6.45) is 1.09. The largest absolute Gasteiger partial charge is 0.496 e. The second-order valence-electron chi connectivity index (χ2n) is 4.52. The topological polar surface area (TPSA) is 45.7 Å². The Labute approximate surface area is 139 Å². The highest BCUT2D eigenvalue weighted by atomic mass is 127. The molecule has 0 saturated carbocycles. The molecule has 0 aliphatic heterocycles. The molecule has 1 aromatic rings. The van der Waals surface area contributed by atoms with Crippen molar-refractivity contribution in [2.24, 2.45) is 4.99 Å². The summed E-state index contributed by atoms with van der Waals surface area (Å²) in [7, 11) is 3.50. The third-order valence-corrected chi connectivity index (χ3v) is 3.01. The lowest BCUT2D eigenvalue weighted by molar-refractivity contribution is 0.406. The molecule has 1 aromatic carbocycles. The average molecular weight is 391 g/mol. The van der Waals surface area contributed by atoms with Gasteiger partial charge in [-0.3, -0.25) is 4.99 Å². The Bertz CT molecular complexity index is 410. The Hall–Kier alpha value is -0.980. The van der Waals surface area contributed by atoms with Crippen molar-refractivity contribution in [3.8, 4) is 5.75 Å². The Balaban J connectivity index is 0.00000361. The van der Waals surface area contributed by atoms with Crippen LogP contribution in [0.5, 0.6) is 5.75 Å². The van der Waals surface area contributed by atoms with Gasteiger partial charge in [0.25, 0.3) is 0 Å². The average Bonchev–Trinajstić information content (AvgIpc) is 2.47. The molecule has 1 unspecified atom stereocenters. The Morgan fingerprint density at radius 1 is 1.30 bits per heavy atom. The minimum absolute atomic E-state index is 0. The van der Waals surface area contributed by atoms with E-state index in [-0.39, 0.29) is 24.0 Å². The smallest absolute Gasteiger partial charge is 0.190 e. The van der Waals surface area contributed by atoms with E-state index in [0.29, 0.717) is 5.92 Å². The Morgan fingerprint density at radius 2 is 2.00 bits per heavy atom. The summed E-state index contributed by atoms with van der Waals surface area (Å²) in [6, 6.07) is 8.13. The minimum Gasteiger partial charge on any atom is -0.496 e. The van der Waals surface area contributed by atoms with Crippen LogP contribution in [0.2, 0.25) is 0 Å². The van der Waals surface area contributed by atoms with Gasteiger partial charge in [-0.05, 0) is 18.1 Å². The van der Waals surface area contributed by atoms with Gasteiger partial charge in [-0.15, -0.1) is 24.0 Å². The molecule has 0 amide bonds. The van der Waals surface area contributed by atoms with E-state index < -0.39 is 0 Å². The fraction of sp³-hybridized carbons (Fsp3) is 0.533. The van der Waals surface area contributed by atoms with Crippen LogP contribution in [0, 0.1) is 0 Å². The first-order chi connectivity index (χ1) is 9.22. The van der Waals surface area contributed by atoms with Crippen molar-refractivity contribution >= 4 is 29.9 Å². The molecule has 1 rings (SSSR count). The van der Waals surface area contributed by atoms with Crippen molar-refractivity contribution in [3.05, 3.63) is 29.8 Å². The van der Waals surface area contributed by atoms with Gasteiger partial charge in [-0.25, -0.2) is 0 Å². The first kappa shape index (κ1) is 19.0. The molecule has 0 bridgehead atoms. The van der Waals surface area contributed by atoms with Crippen LogP contribution in [0.3, 0.4) is 0 Å². The van der Waals surface area contributed by atoms with Gasteiger partial charge in [0.15, 0.2) is 5.96 Å². The first-order valence-corrected chi connectivity index (χ1v) is 6.80. The molecule has 1 atom stereocenters. The molecule has 2 N–H and O–H groups in total. The van der Waals surface area contributed by atoms with E-state index in [9.17, 15) is 0 Å². The Kier molecular flexibility index (Phi) is 10.2. The van der Waals surface area contributed by atoms with Crippen molar-refractivity contribution in [1.29, 1.82) is 0 Å². The van der Waals surface area contributed by atoms with Gasteiger partial charge < -0.3 is 15.4 Å². The monoisotopic (exact) mass is 391 g/mol. The number of nitrogens with one attached hydrogen (secondary N) is 2. The molecule has 20 heavy (non-hydrogen) atoms. The lowest BCUT2D eigenvalue weighted by atomic mass is 10.0. The maximum absolute atomic E-state index is 5.39. The van der Waals surface area contributed by atoms with E-state index in [1.54, 1.807) is 14.2 Å². The SMILES string of the molecule is CCCNC(=NC)NCC(C)c1ccccc1OC.I. The number of hydrogen-bond acceptors (Lipinski definition) is 2. The number of benzene rings is 1. The van der Waals surface area contributed by atoms with Gasteiger partial charge in [0, 0.05) is 26.1 Å². The molecule has 4 nitrogen and oxygen atoms in total. The minimum atomic E-state index is 0. The van der Waals surface area contributed by atoms with Crippen LogP contribution in [0.1, 0.15) is 31.7 Å². The van der Waals surface area contributed by atoms with E-state index in [1.807, 2.05) is 18.2 Å². The summed E-state index contributed by atoms with van der Waals surface area (Å²) in [5, 5.41) is 6.60. The highest BCUT2D eigenvalue weighted by Crippen LogP contribution is 2.25. The highest BCUT2D eigenvalue weighted by Gasteiger charge is 2.11. The number of methoxy groups -OCH3 is 1. The van der Waals surface area contributed by atoms with Crippen LogP contribution in [0.4, 0.5) is 0 Å². The summed E-state index contributed by atoms with van der Waals surface area (Å²) >= 11 is 0. The lowest BCUT2D eigenvalue weighted by Gasteiger charge is -2.18. The number of ether oxygens (including phenoxy) is 1. The van der Waals surface area contributed by atoms with Crippen molar-refractivity contribution in [3.63, 3.8) is 0 Å². The zero-order valence-electron chi connectivity index (χ0n) is 12.8. The van der Waals surface area contributed by atoms with Gasteiger partial charge in [0.2, 0.25) is 0 Å². The van der Waals surface area contributed by atoms with Crippen molar-refractivity contribution in [1.82, 2.24) is 10.6 Å². The quantitative estimate of drug-likeness (QED) is 0.445. The lowest BCUT2D eigenvalue weighted by Crippen LogP contribution is -2.39. The van der Waals surface area contributed by atoms with Crippen molar-refractivity contribution < 1.29 is 4.74 Å². The highest BCUT2D eigenvalue weighted by molar-refractivity contribution is 14.0. The van der Waals surface area contributed by atoms with Crippen molar-refractivity contribution in [2.75, 3.05) is 27.2 Å². The predicted molar refractivity (Wildman–Crippen MR) is 96.5 cm³/mol. The van der Waals surface area contributed by atoms with Gasteiger partial charge in [0.05, 0.1) is 7.11 Å². The standard InChI is InChI=1S/C15H25N3O.HI/c1-5-10-17-15(16-3)18-11-12(2)13-8-6-7-9-14(13)19-4;/h6-9,12H,5,10-11H2,1-4H3,(H2,16,17,18);1H. The molecule has 0 fully saturated rings. The fourth-order valence-corrected chi connectivity index (χ4v) is 1.90. The summed E-state index contributed by atoms with van der Waals surface area (Å²) < 4.78 is 5.39. The summed E-state index contributed by atoms with van der Waals surface area (Å²) in [4.78, 5) is 4.20. The summed E-state index contributed by atoms with van der Waals surface area (Å²) in [5.74, 6) is 2.15. The van der Waals surface area contributed by atoms with Crippen LogP contribution >= 0.6 is 24.0 Å². The van der Waals surface area contributed by atoms with Crippen LogP contribution in [0.15, 0.2) is 29.3 Å². The van der Waals surface area contributed by atoms with E-state index in [4.69, 9.17) is 4.74 Å². The molecule has 0 heterocycles. The van der Waals surface area contributed by atoms with Crippen LogP contribution in [0.25, 0.3) is 0 Å². The number of hydrogen-bond donors (Lipinski definition) is 2. The third kappa shape index (κ3) is 5.98. The maximum Gasteiger partial charge on any atom is 0.190 e. The molecule has 5 heteroatoms. The molecule has 0 radical (unpaired) electrons. The molecule has 0 aliphatic carbocycles. The molecular formula is C15H26IN3O. The van der Waals surface area contributed by atoms with Crippen LogP contribution < -0.4 is 15.4 Å². The molecule has 0 aromatic heterocycles. The maximum atomic E-state index is 5.39. The number of nitrogens with zero attached hydrogens (tertiary/aromatic N) is 1. The zero-order valence-corrected chi connectivity index (χ0v) is 15.1.